The highest BCUT2D eigenvalue weighted by Crippen LogP contribution is 2.42. The van der Waals surface area contributed by atoms with Crippen LogP contribution in [0, 0.1) is 18.8 Å². The lowest BCUT2D eigenvalue weighted by Gasteiger charge is -2.19. The number of rotatable bonds is 5. The van der Waals surface area contributed by atoms with Crippen molar-refractivity contribution in [1.29, 1.82) is 0 Å². The molecular weight excluding hydrogens is 354 g/mol. The van der Waals surface area contributed by atoms with Crippen LogP contribution in [-0.4, -0.2) is 24.2 Å². The van der Waals surface area contributed by atoms with E-state index < -0.39 is 0 Å². The number of ether oxygens (including phenoxy) is 1. The molecule has 1 aliphatic carbocycles. The van der Waals surface area contributed by atoms with Crippen molar-refractivity contribution in [3.8, 4) is 5.75 Å². The number of carbonyl (C=O) groups excluding carboxylic acids is 3. The van der Waals surface area contributed by atoms with Gasteiger partial charge in [0.15, 0.2) is 12.4 Å². The standard InChI is InChI=1S/C23H23NO4/c1-15-10-12-16(13-11-15)20(25)14-28-21-9-5-4-8-19(21)24-22(26)17-6-2-3-7-18(17)23(24)27/h4-5,8-13,17-18H,2-3,6-7,14H2,1H3. The van der Waals surface area contributed by atoms with E-state index in [2.05, 4.69) is 0 Å². The maximum atomic E-state index is 12.9. The molecule has 0 radical (unpaired) electrons. The van der Waals surface area contributed by atoms with E-state index in [1.807, 2.05) is 19.1 Å². The topological polar surface area (TPSA) is 63.7 Å². The van der Waals surface area contributed by atoms with Crippen LogP contribution in [0.25, 0.3) is 0 Å². The largest absolute Gasteiger partial charge is 0.483 e. The first-order chi connectivity index (χ1) is 13.6. The lowest BCUT2D eigenvalue weighted by Crippen LogP contribution is -2.31. The van der Waals surface area contributed by atoms with Gasteiger partial charge in [-0.05, 0) is 31.9 Å². The first kappa shape index (κ1) is 18.4. The monoisotopic (exact) mass is 377 g/mol. The van der Waals surface area contributed by atoms with Crippen LogP contribution in [0.4, 0.5) is 5.69 Å². The molecule has 1 saturated carbocycles. The number of amides is 2. The van der Waals surface area contributed by atoms with Crippen LogP contribution in [0.2, 0.25) is 0 Å². The van der Waals surface area contributed by atoms with Gasteiger partial charge in [-0.25, -0.2) is 4.90 Å². The van der Waals surface area contributed by atoms with Crippen molar-refractivity contribution < 1.29 is 19.1 Å². The van der Waals surface area contributed by atoms with Gasteiger partial charge >= 0.3 is 0 Å². The predicted molar refractivity (Wildman–Crippen MR) is 105 cm³/mol. The normalized spacial score (nSPS) is 21.5. The summed E-state index contributed by atoms with van der Waals surface area (Å²) >= 11 is 0. The Morgan fingerprint density at radius 2 is 1.57 bits per heavy atom. The third-order valence-corrected chi connectivity index (χ3v) is 5.68. The van der Waals surface area contributed by atoms with Gasteiger partial charge in [-0.15, -0.1) is 0 Å². The summed E-state index contributed by atoms with van der Waals surface area (Å²) in [5.74, 6) is -0.496. The Labute approximate surface area is 164 Å². The molecule has 0 N–H and O–H groups in total. The molecule has 1 aliphatic heterocycles. The van der Waals surface area contributed by atoms with E-state index in [9.17, 15) is 14.4 Å². The second-order valence-corrected chi connectivity index (χ2v) is 7.55. The number of fused-ring (bicyclic) bond motifs is 1. The van der Waals surface area contributed by atoms with Crippen LogP contribution in [0.1, 0.15) is 41.6 Å². The number of benzene rings is 2. The summed E-state index contributed by atoms with van der Waals surface area (Å²) < 4.78 is 5.75. The second kappa shape index (κ2) is 7.58. The molecule has 0 aromatic heterocycles. The third-order valence-electron chi connectivity index (χ3n) is 5.68. The lowest BCUT2D eigenvalue weighted by molar-refractivity contribution is -0.122. The molecule has 4 rings (SSSR count). The van der Waals surface area contributed by atoms with Crippen molar-refractivity contribution in [2.75, 3.05) is 11.5 Å². The number of hydrogen-bond acceptors (Lipinski definition) is 4. The van der Waals surface area contributed by atoms with E-state index in [0.29, 0.717) is 17.0 Å². The van der Waals surface area contributed by atoms with E-state index in [-0.39, 0.29) is 36.0 Å². The number of ketones is 1. The fourth-order valence-electron chi connectivity index (χ4n) is 4.13. The first-order valence-corrected chi connectivity index (χ1v) is 9.76. The Bertz CT molecular complexity index is 894. The summed E-state index contributed by atoms with van der Waals surface area (Å²) in [6.45, 7) is 1.81. The number of para-hydroxylation sites is 2. The molecule has 5 heteroatoms. The van der Waals surface area contributed by atoms with Crippen molar-refractivity contribution >= 4 is 23.3 Å². The van der Waals surface area contributed by atoms with E-state index in [1.165, 1.54) is 4.90 Å². The van der Waals surface area contributed by atoms with Crippen LogP contribution >= 0.6 is 0 Å². The number of hydrogen-bond donors (Lipinski definition) is 0. The maximum Gasteiger partial charge on any atom is 0.237 e. The molecule has 2 aromatic carbocycles. The van der Waals surface area contributed by atoms with Crippen molar-refractivity contribution in [3.05, 3.63) is 59.7 Å². The molecule has 1 heterocycles. The van der Waals surface area contributed by atoms with Gasteiger partial charge in [0.05, 0.1) is 17.5 Å². The summed E-state index contributed by atoms with van der Waals surface area (Å²) in [5, 5.41) is 0. The SMILES string of the molecule is Cc1ccc(C(=O)COc2ccccc2N2C(=O)C3CCCCC3C2=O)cc1. The van der Waals surface area contributed by atoms with E-state index in [1.54, 1.807) is 36.4 Å². The van der Waals surface area contributed by atoms with E-state index in [4.69, 9.17) is 4.74 Å². The summed E-state index contributed by atoms with van der Waals surface area (Å²) in [6.07, 6.45) is 3.50. The van der Waals surface area contributed by atoms with E-state index in [0.717, 1.165) is 31.2 Å². The van der Waals surface area contributed by atoms with Crippen LogP contribution in [0.5, 0.6) is 5.75 Å². The van der Waals surface area contributed by atoms with Gasteiger partial charge in [0.2, 0.25) is 11.8 Å². The maximum absolute atomic E-state index is 12.9. The molecule has 144 valence electrons. The smallest absolute Gasteiger partial charge is 0.237 e. The number of imide groups is 1. The third kappa shape index (κ3) is 3.33. The molecular formula is C23H23NO4. The Balaban J connectivity index is 1.54. The summed E-state index contributed by atoms with van der Waals surface area (Å²) in [5.41, 5.74) is 2.08. The van der Waals surface area contributed by atoms with E-state index >= 15 is 0 Å². The lowest BCUT2D eigenvalue weighted by atomic mass is 9.81. The summed E-state index contributed by atoms with van der Waals surface area (Å²) in [4.78, 5) is 39.4. The molecule has 1 saturated heterocycles. The molecule has 2 aliphatic rings. The number of Topliss-reactive ketones (excluding diaryl/α,β-unsaturated/α-hetero) is 1. The van der Waals surface area contributed by atoms with Gasteiger partial charge in [0.25, 0.3) is 0 Å². The van der Waals surface area contributed by atoms with Crippen molar-refractivity contribution in [2.24, 2.45) is 11.8 Å². The Kier molecular flexibility index (Phi) is 4.99. The Morgan fingerprint density at radius 1 is 0.964 bits per heavy atom. The van der Waals surface area contributed by atoms with Gasteiger partial charge in [-0.1, -0.05) is 54.8 Å². The fraction of sp³-hybridized carbons (Fsp3) is 0.348. The number of carbonyl (C=O) groups is 3. The highest BCUT2D eigenvalue weighted by atomic mass is 16.5. The molecule has 2 amide bonds. The molecule has 2 atom stereocenters. The summed E-state index contributed by atoms with van der Waals surface area (Å²) in [6, 6.07) is 14.2. The zero-order chi connectivity index (χ0) is 19.7. The highest BCUT2D eigenvalue weighted by Gasteiger charge is 2.49. The molecule has 2 aromatic rings. The molecule has 28 heavy (non-hydrogen) atoms. The minimum Gasteiger partial charge on any atom is -0.483 e. The molecule has 2 fully saturated rings. The zero-order valence-electron chi connectivity index (χ0n) is 15.9. The fourth-order valence-corrected chi connectivity index (χ4v) is 4.13. The number of aryl methyl sites for hydroxylation is 1. The van der Waals surface area contributed by atoms with Crippen molar-refractivity contribution in [3.63, 3.8) is 0 Å². The average Bonchev–Trinajstić information content (AvgIpc) is 2.97. The Hall–Kier alpha value is -2.95. The van der Waals surface area contributed by atoms with Gasteiger partial charge in [0, 0.05) is 5.56 Å². The number of anilines is 1. The quantitative estimate of drug-likeness (QED) is 0.585. The van der Waals surface area contributed by atoms with Gasteiger partial charge < -0.3 is 4.74 Å². The average molecular weight is 377 g/mol. The minimum absolute atomic E-state index is 0.143. The molecule has 0 spiro atoms. The van der Waals surface area contributed by atoms with Gasteiger partial charge in [-0.3, -0.25) is 14.4 Å². The van der Waals surface area contributed by atoms with Crippen molar-refractivity contribution in [2.45, 2.75) is 32.6 Å². The number of nitrogens with zero attached hydrogens (tertiary/aromatic N) is 1. The van der Waals surface area contributed by atoms with Crippen LogP contribution < -0.4 is 9.64 Å². The molecule has 0 bridgehead atoms. The minimum atomic E-state index is -0.219. The zero-order valence-corrected chi connectivity index (χ0v) is 15.9. The second-order valence-electron chi connectivity index (χ2n) is 7.55. The van der Waals surface area contributed by atoms with Crippen LogP contribution in [0.3, 0.4) is 0 Å². The van der Waals surface area contributed by atoms with Gasteiger partial charge in [-0.2, -0.15) is 0 Å². The summed E-state index contributed by atoms with van der Waals surface area (Å²) in [7, 11) is 0. The highest BCUT2D eigenvalue weighted by molar-refractivity contribution is 6.22. The Morgan fingerprint density at radius 3 is 2.21 bits per heavy atom. The van der Waals surface area contributed by atoms with Crippen molar-refractivity contribution in [1.82, 2.24) is 0 Å². The predicted octanol–water partition coefficient (Wildman–Crippen LogP) is 3.94. The van der Waals surface area contributed by atoms with Crippen LogP contribution in [-0.2, 0) is 9.59 Å². The molecule has 5 nitrogen and oxygen atoms in total. The molecule has 2 unspecified atom stereocenters. The van der Waals surface area contributed by atoms with Gasteiger partial charge in [0.1, 0.15) is 5.75 Å². The first-order valence-electron chi connectivity index (χ1n) is 9.76. The van der Waals surface area contributed by atoms with Crippen LogP contribution in [0.15, 0.2) is 48.5 Å².